The number of anilines is 3. The summed E-state index contributed by atoms with van der Waals surface area (Å²) >= 11 is 6.39. The Labute approximate surface area is 171 Å². The van der Waals surface area contributed by atoms with Crippen LogP contribution in [0, 0.1) is 5.92 Å². The molecule has 5 rings (SSSR count). The number of fused-ring (bicyclic) bond motifs is 2. The van der Waals surface area contributed by atoms with Crippen molar-refractivity contribution in [1.82, 2.24) is 10.1 Å². The summed E-state index contributed by atoms with van der Waals surface area (Å²) in [4.78, 5) is 19.1. The predicted octanol–water partition coefficient (Wildman–Crippen LogP) is 4.08. The number of nitrogens with zero attached hydrogens (tertiary/aromatic N) is 3. The molecule has 8 nitrogen and oxygen atoms in total. The number of carbonyl (C=O) groups is 1. The Morgan fingerprint density at radius 1 is 1.34 bits per heavy atom. The molecule has 150 valence electrons. The van der Waals surface area contributed by atoms with E-state index in [1.54, 1.807) is 29.3 Å². The van der Waals surface area contributed by atoms with Crippen molar-refractivity contribution in [3.8, 4) is 11.6 Å². The highest BCUT2D eigenvalue weighted by molar-refractivity contribution is 6.32. The molecule has 29 heavy (non-hydrogen) atoms. The molecule has 1 aliphatic carbocycles. The number of ether oxygens (including phenoxy) is 2. The van der Waals surface area contributed by atoms with Crippen molar-refractivity contribution in [3.63, 3.8) is 0 Å². The van der Waals surface area contributed by atoms with E-state index in [0.29, 0.717) is 64.4 Å². The topological polar surface area (TPSA) is 104 Å². The van der Waals surface area contributed by atoms with Crippen LogP contribution in [0.2, 0.25) is 5.02 Å². The number of hydrogen-bond acceptors (Lipinski definition) is 7. The van der Waals surface area contributed by atoms with Gasteiger partial charge in [0, 0.05) is 18.9 Å². The van der Waals surface area contributed by atoms with Crippen molar-refractivity contribution in [2.45, 2.75) is 32.3 Å². The number of aromatic nitrogens is 2. The van der Waals surface area contributed by atoms with Crippen LogP contribution in [-0.4, -0.2) is 28.3 Å². The number of pyridine rings is 1. The van der Waals surface area contributed by atoms with Gasteiger partial charge in [0.25, 0.3) is 5.91 Å². The van der Waals surface area contributed by atoms with E-state index in [1.807, 2.05) is 13.8 Å². The van der Waals surface area contributed by atoms with Crippen molar-refractivity contribution in [3.05, 3.63) is 29.4 Å². The van der Waals surface area contributed by atoms with E-state index in [2.05, 4.69) is 10.1 Å². The fourth-order valence-electron chi connectivity index (χ4n) is 3.37. The number of hydrogen-bond donors (Lipinski definition) is 1. The van der Waals surface area contributed by atoms with E-state index >= 15 is 0 Å². The van der Waals surface area contributed by atoms with Crippen LogP contribution in [0.4, 0.5) is 17.2 Å². The molecule has 0 saturated heterocycles. The molecule has 9 heteroatoms. The Bertz CT molecular complexity index is 1140. The molecule has 0 unspecified atom stereocenters. The smallest absolute Gasteiger partial charge is 0.275 e. The van der Waals surface area contributed by atoms with Crippen LogP contribution < -0.4 is 20.1 Å². The van der Waals surface area contributed by atoms with Crippen molar-refractivity contribution in [2.75, 3.05) is 17.2 Å². The van der Waals surface area contributed by atoms with Gasteiger partial charge >= 0.3 is 0 Å². The Kier molecular flexibility index (Phi) is 3.89. The van der Waals surface area contributed by atoms with Crippen LogP contribution in [0.1, 0.15) is 26.7 Å². The normalized spacial score (nSPS) is 17.0. The first-order chi connectivity index (χ1) is 13.9. The minimum atomic E-state index is -0.855. The van der Waals surface area contributed by atoms with Crippen molar-refractivity contribution < 1.29 is 18.8 Å². The van der Waals surface area contributed by atoms with Crippen molar-refractivity contribution in [2.24, 2.45) is 5.92 Å². The van der Waals surface area contributed by atoms with E-state index in [0.717, 1.165) is 0 Å². The van der Waals surface area contributed by atoms with E-state index < -0.39 is 5.60 Å². The minimum Gasteiger partial charge on any atom is -0.476 e. The number of rotatable bonds is 4. The second-order valence-electron chi connectivity index (χ2n) is 7.81. The molecule has 1 spiro atoms. The highest BCUT2D eigenvalue weighted by atomic mass is 35.5. The van der Waals surface area contributed by atoms with E-state index in [4.69, 9.17) is 31.3 Å². The van der Waals surface area contributed by atoms with Gasteiger partial charge in [0.05, 0.1) is 29.6 Å². The summed E-state index contributed by atoms with van der Waals surface area (Å²) in [6.07, 6.45) is 2.87. The highest BCUT2D eigenvalue weighted by Crippen LogP contribution is 2.52. The van der Waals surface area contributed by atoms with Crippen molar-refractivity contribution >= 4 is 45.7 Å². The molecule has 1 saturated carbocycles. The zero-order valence-electron chi connectivity index (χ0n) is 15.9. The van der Waals surface area contributed by atoms with Gasteiger partial charge in [-0.1, -0.05) is 30.6 Å². The average molecular weight is 415 g/mol. The van der Waals surface area contributed by atoms with Crippen LogP contribution in [0.5, 0.6) is 11.6 Å². The predicted molar refractivity (Wildman–Crippen MR) is 108 cm³/mol. The summed E-state index contributed by atoms with van der Waals surface area (Å²) < 4.78 is 17.0. The monoisotopic (exact) mass is 414 g/mol. The van der Waals surface area contributed by atoms with Gasteiger partial charge in [0.15, 0.2) is 17.0 Å². The summed E-state index contributed by atoms with van der Waals surface area (Å²) in [6.45, 7) is 4.58. The van der Waals surface area contributed by atoms with Gasteiger partial charge in [0.1, 0.15) is 10.8 Å². The van der Waals surface area contributed by atoms with E-state index in [9.17, 15) is 4.79 Å². The average Bonchev–Trinajstić information content (AvgIpc) is 3.37. The van der Waals surface area contributed by atoms with Gasteiger partial charge in [-0.05, 0) is 18.1 Å². The molecule has 2 N–H and O–H groups in total. The molecular formula is C20H19ClN4O4. The molecule has 0 radical (unpaired) electrons. The van der Waals surface area contributed by atoms with Gasteiger partial charge in [0.2, 0.25) is 5.88 Å². The lowest BCUT2D eigenvalue weighted by Crippen LogP contribution is -2.45. The molecule has 1 aliphatic heterocycles. The first-order valence-electron chi connectivity index (χ1n) is 9.39. The van der Waals surface area contributed by atoms with Gasteiger partial charge in [-0.3, -0.25) is 9.69 Å². The fraction of sp³-hybridized carbons (Fsp3) is 0.350. The Hall–Kier alpha value is -3.00. The zero-order chi connectivity index (χ0) is 20.3. The molecule has 3 heterocycles. The molecule has 0 atom stereocenters. The number of amides is 1. The lowest BCUT2D eigenvalue weighted by Gasteiger charge is -2.34. The molecule has 2 aromatic heterocycles. The number of nitrogen functional groups attached to an aromatic ring is 1. The van der Waals surface area contributed by atoms with E-state index in [1.165, 1.54) is 0 Å². The molecule has 1 aromatic carbocycles. The first kappa shape index (κ1) is 18.1. The third-order valence-electron chi connectivity index (χ3n) is 5.03. The van der Waals surface area contributed by atoms with Gasteiger partial charge in [-0.25, -0.2) is 4.98 Å². The fourth-order valence-corrected chi connectivity index (χ4v) is 3.59. The highest BCUT2D eigenvalue weighted by Gasteiger charge is 2.58. The SMILES string of the molecule is CC(C)COc1ncc(N2C(=O)C3(CC3)Oc3cc4c(N)noc4cc32)cc1Cl. The third-order valence-corrected chi connectivity index (χ3v) is 5.30. The van der Waals surface area contributed by atoms with Crippen LogP contribution in [0.15, 0.2) is 28.9 Å². The maximum atomic E-state index is 13.3. The van der Waals surface area contributed by atoms with Gasteiger partial charge < -0.3 is 19.7 Å². The summed E-state index contributed by atoms with van der Waals surface area (Å²) in [7, 11) is 0. The number of nitrogens with two attached hydrogens (primary N) is 1. The lowest BCUT2D eigenvalue weighted by molar-refractivity contribution is -0.127. The zero-order valence-corrected chi connectivity index (χ0v) is 16.7. The summed E-state index contributed by atoms with van der Waals surface area (Å²) in [6, 6.07) is 5.12. The summed E-state index contributed by atoms with van der Waals surface area (Å²) in [5.74, 6) is 1.33. The maximum Gasteiger partial charge on any atom is 0.275 e. The standard InChI is InChI=1S/C20H19ClN4O4/c1-10(2)9-27-18-13(21)5-11(8-23-18)25-14-7-15-12(17(22)24-29-15)6-16(14)28-20(3-4-20)19(25)26/h5-8,10H,3-4,9H2,1-2H3,(H2,22,24). The van der Waals surface area contributed by atoms with Crippen LogP contribution in [-0.2, 0) is 4.79 Å². The third kappa shape index (κ3) is 2.86. The molecule has 3 aromatic rings. The molecule has 1 fully saturated rings. The van der Waals surface area contributed by atoms with E-state index in [-0.39, 0.29) is 11.7 Å². The first-order valence-corrected chi connectivity index (χ1v) is 9.76. The van der Waals surface area contributed by atoms with Crippen LogP contribution >= 0.6 is 11.6 Å². The van der Waals surface area contributed by atoms with Crippen LogP contribution in [0.25, 0.3) is 11.0 Å². The lowest BCUT2D eigenvalue weighted by atomic mass is 10.1. The number of carbonyl (C=O) groups excluding carboxylic acids is 1. The Balaban J connectivity index is 1.60. The maximum absolute atomic E-state index is 13.3. The Morgan fingerprint density at radius 2 is 2.14 bits per heavy atom. The Morgan fingerprint density at radius 3 is 2.83 bits per heavy atom. The van der Waals surface area contributed by atoms with Gasteiger partial charge in [-0.15, -0.1) is 0 Å². The number of halogens is 1. The van der Waals surface area contributed by atoms with Crippen molar-refractivity contribution in [1.29, 1.82) is 0 Å². The summed E-state index contributed by atoms with van der Waals surface area (Å²) in [5.41, 5.74) is 6.54. The van der Waals surface area contributed by atoms with Crippen LogP contribution in [0.3, 0.4) is 0 Å². The molecular weight excluding hydrogens is 396 g/mol. The molecule has 0 bridgehead atoms. The molecule has 2 aliphatic rings. The second kappa shape index (κ2) is 6.25. The van der Waals surface area contributed by atoms with Gasteiger partial charge in [-0.2, -0.15) is 0 Å². The molecule has 1 amide bonds. The number of benzene rings is 1. The summed E-state index contributed by atoms with van der Waals surface area (Å²) in [5, 5.41) is 4.76. The minimum absolute atomic E-state index is 0.162. The largest absolute Gasteiger partial charge is 0.476 e. The quantitative estimate of drug-likeness (QED) is 0.685. The second-order valence-corrected chi connectivity index (χ2v) is 8.21.